The molecule has 1 aromatic heterocycles. The highest BCUT2D eigenvalue weighted by atomic mass is 19.4. The second-order valence-electron chi connectivity index (χ2n) is 8.86. The van der Waals surface area contributed by atoms with Crippen LogP contribution in [0.25, 0.3) is 11.0 Å². The smallest absolute Gasteiger partial charge is 0.486 e. The highest BCUT2D eigenvalue weighted by molar-refractivity contribution is 5.76. The van der Waals surface area contributed by atoms with Gasteiger partial charge in [0.25, 0.3) is 0 Å². The standard InChI is InChI=1S/C26H25F3N2O2/c1-25(2,3)19-10-14-20(15-11-19)32-17-24-30-22-6-4-5-7-23(22)31(24)16-18-8-12-21(13-9-18)33-26(27,28)29/h4-15H,16-17H2,1-3H3. The fourth-order valence-corrected chi connectivity index (χ4v) is 3.59. The van der Waals surface area contributed by atoms with E-state index in [2.05, 4.69) is 37.6 Å². The third kappa shape index (κ3) is 5.66. The fourth-order valence-electron chi connectivity index (χ4n) is 3.59. The second kappa shape index (κ2) is 8.81. The highest BCUT2D eigenvalue weighted by Gasteiger charge is 2.31. The van der Waals surface area contributed by atoms with E-state index in [-0.39, 0.29) is 17.8 Å². The lowest BCUT2D eigenvalue weighted by atomic mass is 9.87. The van der Waals surface area contributed by atoms with E-state index in [1.54, 1.807) is 12.1 Å². The Hall–Kier alpha value is -3.48. The van der Waals surface area contributed by atoms with Crippen molar-refractivity contribution in [3.8, 4) is 11.5 Å². The van der Waals surface area contributed by atoms with Gasteiger partial charge in [0.2, 0.25) is 0 Å². The zero-order valence-electron chi connectivity index (χ0n) is 18.7. The summed E-state index contributed by atoms with van der Waals surface area (Å²) < 4.78 is 49.3. The normalized spacial score (nSPS) is 12.2. The average molecular weight is 454 g/mol. The number of ether oxygens (including phenoxy) is 2. The minimum Gasteiger partial charge on any atom is -0.486 e. The molecule has 0 amide bonds. The van der Waals surface area contributed by atoms with E-state index in [4.69, 9.17) is 9.72 Å². The number of benzene rings is 3. The van der Waals surface area contributed by atoms with E-state index < -0.39 is 6.36 Å². The zero-order valence-corrected chi connectivity index (χ0v) is 18.7. The van der Waals surface area contributed by atoms with Gasteiger partial charge in [0.05, 0.1) is 11.0 Å². The maximum Gasteiger partial charge on any atom is 0.573 e. The van der Waals surface area contributed by atoms with Crippen molar-refractivity contribution in [1.82, 2.24) is 9.55 Å². The quantitative estimate of drug-likeness (QED) is 0.319. The van der Waals surface area contributed by atoms with Gasteiger partial charge in [-0.3, -0.25) is 0 Å². The minimum atomic E-state index is -4.71. The Labute approximate surface area is 190 Å². The molecule has 0 unspecified atom stereocenters. The van der Waals surface area contributed by atoms with Crippen LogP contribution in [0.15, 0.2) is 72.8 Å². The van der Waals surface area contributed by atoms with Crippen LogP contribution in [0.2, 0.25) is 0 Å². The third-order valence-corrected chi connectivity index (χ3v) is 5.32. The Balaban J connectivity index is 1.55. The summed E-state index contributed by atoms with van der Waals surface area (Å²) in [7, 11) is 0. The molecule has 1 heterocycles. The summed E-state index contributed by atoms with van der Waals surface area (Å²) >= 11 is 0. The van der Waals surface area contributed by atoms with Gasteiger partial charge in [-0.1, -0.05) is 57.2 Å². The fraction of sp³-hybridized carbons (Fsp3) is 0.269. The van der Waals surface area contributed by atoms with Crippen LogP contribution in [0.4, 0.5) is 13.2 Å². The molecule has 0 bridgehead atoms. The van der Waals surface area contributed by atoms with Gasteiger partial charge in [0.1, 0.15) is 23.9 Å². The maximum absolute atomic E-state index is 12.4. The molecule has 4 aromatic rings. The third-order valence-electron chi connectivity index (χ3n) is 5.32. The predicted octanol–water partition coefficient (Wildman–Crippen LogP) is 6.86. The van der Waals surface area contributed by atoms with Gasteiger partial charge in [-0.25, -0.2) is 4.98 Å². The predicted molar refractivity (Wildman–Crippen MR) is 121 cm³/mol. The molecular formula is C26H25F3N2O2. The Morgan fingerprint density at radius 3 is 2.09 bits per heavy atom. The molecule has 0 N–H and O–H groups in total. The van der Waals surface area contributed by atoms with Crippen LogP contribution in [0.5, 0.6) is 11.5 Å². The van der Waals surface area contributed by atoms with Crippen molar-refractivity contribution in [3.63, 3.8) is 0 Å². The molecule has 0 aliphatic heterocycles. The molecule has 172 valence electrons. The van der Waals surface area contributed by atoms with Crippen LogP contribution in [-0.4, -0.2) is 15.9 Å². The molecule has 0 saturated carbocycles. The summed E-state index contributed by atoms with van der Waals surface area (Å²) in [6.45, 7) is 7.18. The lowest BCUT2D eigenvalue weighted by Crippen LogP contribution is -2.17. The number of nitrogens with zero attached hydrogens (tertiary/aromatic N) is 2. The lowest BCUT2D eigenvalue weighted by Gasteiger charge is -2.19. The number of hydrogen-bond donors (Lipinski definition) is 0. The molecule has 0 fully saturated rings. The average Bonchev–Trinajstić information content (AvgIpc) is 3.10. The van der Waals surface area contributed by atoms with Gasteiger partial charge in [-0.05, 0) is 52.9 Å². The molecule has 0 spiro atoms. The number of imidazole rings is 1. The number of alkyl halides is 3. The van der Waals surface area contributed by atoms with E-state index in [1.807, 2.05) is 41.0 Å². The largest absolute Gasteiger partial charge is 0.573 e. The van der Waals surface area contributed by atoms with E-state index in [1.165, 1.54) is 17.7 Å². The van der Waals surface area contributed by atoms with Crippen molar-refractivity contribution in [2.45, 2.75) is 45.7 Å². The number of para-hydroxylation sites is 2. The van der Waals surface area contributed by atoms with Gasteiger partial charge in [0.15, 0.2) is 0 Å². The van der Waals surface area contributed by atoms with Gasteiger partial charge >= 0.3 is 6.36 Å². The van der Waals surface area contributed by atoms with E-state index >= 15 is 0 Å². The maximum atomic E-state index is 12.4. The summed E-state index contributed by atoms with van der Waals surface area (Å²) in [4.78, 5) is 4.71. The van der Waals surface area contributed by atoms with Gasteiger partial charge < -0.3 is 14.0 Å². The molecular weight excluding hydrogens is 429 g/mol. The van der Waals surface area contributed by atoms with Gasteiger partial charge in [-0.15, -0.1) is 13.2 Å². The molecule has 0 aliphatic carbocycles. The molecule has 3 aromatic carbocycles. The molecule has 33 heavy (non-hydrogen) atoms. The van der Waals surface area contributed by atoms with Crippen molar-refractivity contribution in [1.29, 1.82) is 0 Å². The molecule has 7 heteroatoms. The second-order valence-corrected chi connectivity index (χ2v) is 8.86. The van der Waals surface area contributed by atoms with E-state index in [0.29, 0.717) is 6.54 Å². The van der Waals surface area contributed by atoms with Crippen LogP contribution < -0.4 is 9.47 Å². The first kappa shape index (κ1) is 22.7. The molecule has 0 saturated heterocycles. The van der Waals surface area contributed by atoms with Crippen LogP contribution in [-0.2, 0) is 18.6 Å². The first-order valence-electron chi connectivity index (χ1n) is 10.6. The SMILES string of the molecule is CC(C)(C)c1ccc(OCc2nc3ccccc3n2Cc2ccc(OC(F)(F)F)cc2)cc1. The summed E-state index contributed by atoms with van der Waals surface area (Å²) in [5, 5.41) is 0. The van der Waals surface area contributed by atoms with Crippen LogP contribution >= 0.6 is 0 Å². The van der Waals surface area contributed by atoms with Crippen molar-refractivity contribution in [2.75, 3.05) is 0 Å². The van der Waals surface area contributed by atoms with Crippen LogP contribution in [0.3, 0.4) is 0 Å². The van der Waals surface area contributed by atoms with Crippen molar-refractivity contribution in [2.24, 2.45) is 0 Å². The van der Waals surface area contributed by atoms with Gasteiger partial charge in [-0.2, -0.15) is 0 Å². The van der Waals surface area contributed by atoms with Crippen molar-refractivity contribution in [3.05, 3.63) is 89.7 Å². The minimum absolute atomic E-state index is 0.0627. The van der Waals surface area contributed by atoms with Crippen molar-refractivity contribution >= 4 is 11.0 Å². The summed E-state index contributed by atoms with van der Waals surface area (Å²) in [6.07, 6.45) is -4.71. The molecule has 4 rings (SSSR count). The zero-order chi connectivity index (χ0) is 23.6. The number of hydrogen-bond acceptors (Lipinski definition) is 3. The monoisotopic (exact) mass is 454 g/mol. The Bertz CT molecular complexity index is 1220. The van der Waals surface area contributed by atoms with E-state index in [0.717, 1.165) is 28.2 Å². The topological polar surface area (TPSA) is 36.3 Å². The first-order valence-corrected chi connectivity index (χ1v) is 10.6. The van der Waals surface area contributed by atoms with E-state index in [9.17, 15) is 13.2 Å². The highest BCUT2D eigenvalue weighted by Crippen LogP contribution is 2.26. The molecule has 0 atom stereocenters. The van der Waals surface area contributed by atoms with Crippen LogP contribution in [0.1, 0.15) is 37.7 Å². The molecule has 0 aliphatic rings. The summed E-state index contributed by atoms with van der Waals surface area (Å²) in [6, 6.07) is 21.6. The number of fused-ring (bicyclic) bond motifs is 1. The Morgan fingerprint density at radius 2 is 1.45 bits per heavy atom. The Morgan fingerprint density at radius 1 is 0.818 bits per heavy atom. The van der Waals surface area contributed by atoms with Crippen LogP contribution in [0, 0.1) is 0 Å². The summed E-state index contributed by atoms with van der Waals surface area (Å²) in [5.41, 5.74) is 3.86. The Kier molecular flexibility index (Phi) is 6.06. The number of aromatic nitrogens is 2. The number of halogens is 3. The molecule has 4 nitrogen and oxygen atoms in total. The number of rotatable bonds is 6. The first-order chi connectivity index (χ1) is 15.6. The lowest BCUT2D eigenvalue weighted by molar-refractivity contribution is -0.274. The molecule has 0 radical (unpaired) electrons. The summed E-state index contributed by atoms with van der Waals surface area (Å²) in [5.74, 6) is 1.23. The van der Waals surface area contributed by atoms with Crippen molar-refractivity contribution < 1.29 is 22.6 Å². The van der Waals surface area contributed by atoms with Gasteiger partial charge in [0, 0.05) is 6.54 Å².